The molecule has 3 aromatic rings. The monoisotopic (exact) mass is 359 g/mol. The van der Waals surface area contributed by atoms with E-state index in [0.29, 0.717) is 32.8 Å². The zero-order chi connectivity index (χ0) is 16.7. The van der Waals surface area contributed by atoms with Gasteiger partial charge in [-0.05, 0) is 47.5 Å². The van der Waals surface area contributed by atoms with Crippen LogP contribution in [0.4, 0.5) is 0 Å². The molecule has 24 heavy (non-hydrogen) atoms. The number of fused-ring (bicyclic) bond motifs is 1. The van der Waals surface area contributed by atoms with Crippen LogP contribution >= 0.6 is 23.2 Å². The number of ether oxygens (including phenoxy) is 2. The van der Waals surface area contributed by atoms with Crippen LogP contribution in [0, 0.1) is 0 Å². The van der Waals surface area contributed by atoms with Crippen molar-refractivity contribution in [1.29, 1.82) is 0 Å². The van der Waals surface area contributed by atoms with Gasteiger partial charge in [-0.1, -0.05) is 29.3 Å². The first kappa shape index (κ1) is 15.1. The van der Waals surface area contributed by atoms with E-state index in [4.69, 9.17) is 32.7 Å². The molecule has 0 saturated heterocycles. The number of hydrogen-bond acceptors (Lipinski definition) is 3. The number of halogens is 2. The van der Waals surface area contributed by atoms with Gasteiger partial charge < -0.3 is 14.5 Å². The maximum atomic E-state index is 12.1. The van der Waals surface area contributed by atoms with Crippen LogP contribution in [0.2, 0.25) is 10.0 Å². The fraction of sp³-hybridized carbons (Fsp3) is 0.0556. The van der Waals surface area contributed by atoms with Crippen molar-refractivity contribution in [3.8, 4) is 33.9 Å². The first-order valence-electron chi connectivity index (χ1n) is 7.20. The van der Waals surface area contributed by atoms with Crippen molar-refractivity contribution in [3.05, 3.63) is 68.9 Å². The lowest BCUT2D eigenvalue weighted by Gasteiger charge is -2.08. The highest BCUT2D eigenvalue weighted by Gasteiger charge is 2.15. The Hall–Kier alpha value is -2.43. The average molecular weight is 360 g/mol. The Morgan fingerprint density at radius 1 is 0.875 bits per heavy atom. The van der Waals surface area contributed by atoms with E-state index in [1.54, 1.807) is 18.2 Å². The van der Waals surface area contributed by atoms with Crippen LogP contribution in [0.25, 0.3) is 22.4 Å². The highest BCUT2D eigenvalue weighted by atomic mass is 35.5. The summed E-state index contributed by atoms with van der Waals surface area (Å²) in [6.07, 6.45) is 0. The van der Waals surface area contributed by atoms with E-state index >= 15 is 0 Å². The summed E-state index contributed by atoms with van der Waals surface area (Å²) in [5, 5.41) is 1.01. The van der Waals surface area contributed by atoms with E-state index in [1.165, 1.54) is 6.07 Å². The zero-order valence-electron chi connectivity index (χ0n) is 12.3. The molecule has 4 rings (SSSR count). The largest absolute Gasteiger partial charge is 0.454 e. The highest BCUT2D eigenvalue weighted by molar-refractivity contribution is 6.36. The van der Waals surface area contributed by atoms with Crippen LogP contribution in [-0.4, -0.2) is 11.8 Å². The second-order valence-corrected chi connectivity index (χ2v) is 6.18. The Kier molecular flexibility index (Phi) is 3.71. The summed E-state index contributed by atoms with van der Waals surface area (Å²) in [6.45, 7) is 0.208. The molecule has 0 unspecified atom stereocenters. The molecule has 0 amide bonds. The van der Waals surface area contributed by atoms with Gasteiger partial charge in [0.15, 0.2) is 11.5 Å². The fourth-order valence-corrected chi connectivity index (χ4v) is 3.15. The lowest BCUT2D eigenvalue weighted by molar-refractivity contribution is 0.174. The van der Waals surface area contributed by atoms with E-state index in [0.717, 1.165) is 11.1 Å². The van der Waals surface area contributed by atoms with Gasteiger partial charge in [-0.15, -0.1) is 0 Å². The summed E-state index contributed by atoms with van der Waals surface area (Å²) in [4.78, 5) is 14.9. The molecule has 0 radical (unpaired) electrons. The molecule has 0 saturated carbocycles. The summed E-state index contributed by atoms with van der Waals surface area (Å²) in [7, 11) is 0. The molecule has 4 nitrogen and oxygen atoms in total. The van der Waals surface area contributed by atoms with Gasteiger partial charge in [0.05, 0.1) is 10.7 Å². The topological polar surface area (TPSA) is 51.3 Å². The van der Waals surface area contributed by atoms with E-state index in [9.17, 15) is 4.79 Å². The second kappa shape index (κ2) is 5.89. The molecule has 1 aliphatic rings. The Bertz CT molecular complexity index is 998. The van der Waals surface area contributed by atoms with Crippen molar-refractivity contribution in [2.45, 2.75) is 0 Å². The lowest BCUT2D eigenvalue weighted by Crippen LogP contribution is -2.06. The van der Waals surface area contributed by atoms with E-state index in [2.05, 4.69) is 4.98 Å². The molecule has 1 aromatic heterocycles. The zero-order valence-corrected chi connectivity index (χ0v) is 13.8. The van der Waals surface area contributed by atoms with Gasteiger partial charge in [-0.3, -0.25) is 4.79 Å². The Balaban J connectivity index is 1.83. The normalized spacial score (nSPS) is 12.4. The molecule has 0 spiro atoms. The fourth-order valence-electron chi connectivity index (χ4n) is 2.64. The van der Waals surface area contributed by atoms with Crippen molar-refractivity contribution in [2.24, 2.45) is 0 Å². The second-order valence-electron chi connectivity index (χ2n) is 5.34. The van der Waals surface area contributed by atoms with Crippen molar-refractivity contribution in [3.63, 3.8) is 0 Å². The summed E-state index contributed by atoms with van der Waals surface area (Å²) >= 11 is 12.2. The maximum absolute atomic E-state index is 12.1. The highest BCUT2D eigenvalue weighted by Crippen LogP contribution is 2.36. The molecular formula is C18H11Cl2NO3. The molecule has 6 heteroatoms. The number of aromatic nitrogens is 1. The molecular weight excluding hydrogens is 349 g/mol. The predicted octanol–water partition coefficient (Wildman–Crippen LogP) is 4.74. The van der Waals surface area contributed by atoms with Gasteiger partial charge in [0.25, 0.3) is 0 Å². The molecule has 0 atom stereocenters. The molecule has 1 N–H and O–H groups in total. The minimum Gasteiger partial charge on any atom is -0.454 e. The van der Waals surface area contributed by atoms with Crippen LogP contribution in [0.1, 0.15) is 0 Å². The number of H-pyrrole nitrogens is 1. The minimum atomic E-state index is -0.216. The van der Waals surface area contributed by atoms with E-state index in [1.807, 2.05) is 24.3 Å². The van der Waals surface area contributed by atoms with Gasteiger partial charge in [0.1, 0.15) is 0 Å². The van der Waals surface area contributed by atoms with Crippen LogP contribution in [0.15, 0.2) is 53.3 Å². The Morgan fingerprint density at radius 2 is 1.71 bits per heavy atom. The van der Waals surface area contributed by atoms with E-state index < -0.39 is 0 Å². The third-order valence-electron chi connectivity index (χ3n) is 3.77. The van der Waals surface area contributed by atoms with Crippen LogP contribution in [-0.2, 0) is 0 Å². The summed E-state index contributed by atoms with van der Waals surface area (Å²) in [6, 6.07) is 14.1. The predicted molar refractivity (Wildman–Crippen MR) is 94.1 cm³/mol. The molecule has 120 valence electrons. The molecule has 1 aliphatic heterocycles. The third-order valence-corrected chi connectivity index (χ3v) is 4.32. The summed E-state index contributed by atoms with van der Waals surface area (Å²) in [5.41, 5.74) is 2.73. The van der Waals surface area contributed by atoms with E-state index in [-0.39, 0.29) is 12.4 Å². The quantitative estimate of drug-likeness (QED) is 0.718. The average Bonchev–Trinajstić information content (AvgIpc) is 3.01. The molecule has 0 fully saturated rings. The third kappa shape index (κ3) is 2.75. The molecule has 0 bridgehead atoms. The van der Waals surface area contributed by atoms with Crippen molar-refractivity contribution in [1.82, 2.24) is 4.98 Å². The number of rotatable bonds is 2. The summed E-state index contributed by atoms with van der Waals surface area (Å²) in [5.74, 6) is 1.36. The maximum Gasteiger partial charge on any atom is 0.249 e. The first-order chi connectivity index (χ1) is 11.6. The molecule has 0 aliphatic carbocycles. The molecule has 2 aromatic carbocycles. The van der Waals surface area contributed by atoms with Gasteiger partial charge in [0.2, 0.25) is 12.4 Å². The lowest BCUT2D eigenvalue weighted by atomic mass is 10.0. The standard InChI is InChI=1S/C18H11Cl2NO3/c19-12-2-3-13(14(20)8-12)15-5-11(7-18(22)21-15)10-1-4-16-17(6-10)24-9-23-16/h1-8H,9H2,(H,21,22). The number of benzene rings is 2. The number of pyridine rings is 1. The minimum absolute atomic E-state index is 0.208. The summed E-state index contributed by atoms with van der Waals surface area (Å²) < 4.78 is 10.7. The Morgan fingerprint density at radius 3 is 2.54 bits per heavy atom. The van der Waals surface area contributed by atoms with Crippen molar-refractivity contribution >= 4 is 23.2 Å². The van der Waals surface area contributed by atoms with Gasteiger partial charge >= 0.3 is 0 Å². The van der Waals surface area contributed by atoms with Crippen LogP contribution in [0.5, 0.6) is 11.5 Å². The SMILES string of the molecule is O=c1cc(-c2ccc3c(c2)OCO3)cc(-c2ccc(Cl)cc2Cl)[nH]1. The number of nitrogens with one attached hydrogen (secondary N) is 1. The van der Waals surface area contributed by atoms with Crippen LogP contribution < -0.4 is 15.0 Å². The van der Waals surface area contributed by atoms with Crippen molar-refractivity contribution < 1.29 is 9.47 Å². The number of hydrogen-bond donors (Lipinski definition) is 1. The van der Waals surface area contributed by atoms with Crippen LogP contribution in [0.3, 0.4) is 0 Å². The molecule has 2 heterocycles. The Labute approximate surface area is 147 Å². The van der Waals surface area contributed by atoms with Gasteiger partial charge in [0, 0.05) is 16.7 Å². The van der Waals surface area contributed by atoms with Crippen molar-refractivity contribution in [2.75, 3.05) is 6.79 Å². The smallest absolute Gasteiger partial charge is 0.249 e. The van der Waals surface area contributed by atoms with Gasteiger partial charge in [-0.2, -0.15) is 0 Å². The first-order valence-corrected chi connectivity index (χ1v) is 7.95. The van der Waals surface area contributed by atoms with Gasteiger partial charge in [-0.25, -0.2) is 0 Å². The number of aromatic amines is 1.